The summed E-state index contributed by atoms with van der Waals surface area (Å²) in [4.78, 5) is 14.9. The van der Waals surface area contributed by atoms with Crippen LogP contribution in [0, 0.1) is 6.92 Å². The Labute approximate surface area is 84.2 Å². The fourth-order valence-electron chi connectivity index (χ4n) is 0.995. The molecule has 1 aromatic rings. The smallest absolute Gasteiger partial charge is 0.282 e. The fourth-order valence-corrected chi connectivity index (χ4v) is 1.84. The number of nitrogens with one attached hydrogen (secondary N) is 1. The molecule has 6 heteroatoms. The Morgan fingerprint density at radius 2 is 2.29 bits per heavy atom. The molecule has 1 heterocycles. The van der Waals surface area contributed by atoms with Crippen LogP contribution in [-0.4, -0.2) is 17.4 Å². The van der Waals surface area contributed by atoms with Crippen LogP contribution < -0.4 is 5.32 Å². The number of nitrogens with zero attached hydrogens (tertiary/aromatic N) is 1. The minimum Gasteiger partial charge on any atom is -0.352 e. The lowest BCUT2D eigenvalue weighted by Gasteiger charge is -2.00. The standard InChI is InChI=1S/C8H10F2N2OS/c1-3-11-8(13)6-5(7(9)10)12-4(2)14-6/h7H,3H2,1-2H3,(H,11,13). The molecule has 0 saturated heterocycles. The monoisotopic (exact) mass is 220 g/mol. The van der Waals surface area contributed by atoms with Crippen LogP contribution in [-0.2, 0) is 0 Å². The van der Waals surface area contributed by atoms with E-state index in [9.17, 15) is 13.6 Å². The first-order valence-electron chi connectivity index (χ1n) is 4.10. The second-order valence-electron chi connectivity index (χ2n) is 2.61. The molecule has 0 aromatic carbocycles. The number of carbonyl (C=O) groups is 1. The molecule has 0 fully saturated rings. The van der Waals surface area contributed by atoms with Crippen molar-refractivity contribution in [3.8, 4) is 0 Å². The van der Waals surface area contributed by atoms with Crippen molar-refractivity contribution in [2.24, 2.45) is 0 Å². The van der Waals surface area contributed by atoms with Gasteiger partial charge in [-0.15, -0.1) is 11.3 Å². The topological polar surface area (TPSA) is 42.0 Å². The molecule has 1 rings (SSSR count). The van der Waals surface area contributed by atoms with Crippen LogP contribution in [0.3, 0.4) is 0 Å². The maximum atomic E-state index is 12.4. The zero-order valence-electron chi connectivity index (χ0n) is 7.80. The molecule has 0 aliphatic rings. The number of amides is 1. The van der Waals surface area contributed by atoms with Crippen LogP contribution in [0.4, 0.5) is 8.78 Å². The number of alkyl halides is 2. The van der Waals surface area contributed by atoms with E-state index in [1.54, 1.807) is 13.8 Å². The Bertz CT molecular complexity index is 338. The zero-order chi connectivity index (χ0) is 10.7. The van der Waals surface area contributed by atoms with Gasteiger partial charge in [0.1, 0.15) is 10.6 Å². The third-order valence-corrected chi connectivity index (χ3v) is 2.50. The minimum atomic E-state index is -2.70. The molecule has 78 valence electrons. The lowest BCUT2D eigenvalue weighted by Crippen LogP contribution is -2.22. The summed E-state index contributed by atoms with van der Waals surface area (Å²) in [6.07, 6.45) is -2.70. The molecule has 1 aromatic heterocycles. The van der Waals surface area contributed by atoms with E-state index >= 15 is 0 Å². The predicted molar refractivity (Wildman–Crippen MR) is 49.8 cm³/mol. The van der Waals surface area contributed by atoms with E-state index in [0.29, 0.717) is 11.6 Å². The van der Waals surface area contributed by atoms with Crippen molar-refractivity contribution in [2.75, 3.05) is 6.54 Å². The molecular formula is C8H10F2N2OS. The van der Waals surface area contributed by atoms with E-state index in [1.165, 1.54) is 0 Å². The third kappa shape index (κ3) is 2.25. The van der Waals surface area contributed by atoms with Gasteiger partial charge in [0.15, 0.2) is 0 Å². The van der Waals surface area contributed by atoms with E-state index in [1.807, 2.05) is 0 Å². The van der Waals surface area contributed by atoms with Gasteiger partial charge < -0.3 is 5.32 Å². The fraction of sp³-hybridized carbons (Fsp3) is 0.500. The molecule has 1 N–H and O–H groups in total. The number of halogens is 2. The van der Waals surface area contributed by atoms with Gasteiger partial charge in [-0.3, -0.25) is 4.79 Å². The van der Waals surface area contributed by atoms with Crippen LogP contribution in [0.1, 0.15) is 33.7 Å². The molecule has 0 spiro atoms. The second kappa shape index (κ2) is 4.45. The average molecular weight is 220 g/mol. The number of hydrogen-bond donors (Lipinski definition) is 1. The highest BCUT2D eigenvalue weighted by molar-refractivity contribution is 7.13. The number of thiazole rings is 1. The average Bonchev–Trinajstić information content (AvgIpc) is 2.48. The van der Waals surface area contributed by atoms with Crippen molar-refractivity contribution < 1.29 is 13.6 Å². The molecule has 0 atom stereocenters. The molecule has 1 amide bonds. The third-order valence-electron chi connectivity index (χ3n) is 1.51. The predicted octanol–water partition coefficient (Wildman–Crippen LogP) is 2.14. The summed E-state index contributed by atoms with van der Waals surface area (Å²) in [5.41, 5.74) is -0.418. The first-order valence-corrected chi connectivity index (χ1v) is 4.91. The van der Waals surface area contributed by atoms with Gasteiger partial charge in [0.2, 0.25) is 0 Å². The number of aryl methyl sites for hydroxylation is 1. The first-order chi connectivity index (χ1) is 6.56. The van der Waals surface area contributed by atoms with Crippen LogP contribution >= 0.6 is 11.3 Å². The van der Waals surface area contributed by atoms with E-state index < -0.39 is 18.0 Å². The van der Waals surface area contributed by atoms with E-state index in [4.69, 9.17) is 0 Å². The molecule has 0 bridgehead atoms. The Morgan fingerprint density at radius 3 is 2.79 bits per heavy atom. The maximum Gasteiger partial charge on any atom is 0.282 e. The Morgan fingerprint density at radius 1 is 1.64 bits per heavy atom. The molecule has 14 heavy (non-hydrogen) atoms. The highest BCUT2D eigenvalue weighted by Gasteiger charge is 2.22. The Kier molecular flexibility index (Phi) is 3.51. The van der Waals surface area contributed by atoms with Gasteiger partial charge >= 0.3 is 0 Å². The SMILES string of the molecule is CCNC(=O)c1sc(C)nc1C(F)F. The highest BCUT2D eigenvalue weighted by atomic mass is 32.1. The van der Waals surface area contributed by atoms with Gasteiger partial charge in [0.25, 0.3) is 12.3 Å². The lowest BCUT2D eigenvalue weighted by atomic mass is 10.3. The minimum absolute atomic E-state index is 0.0133. The van der Waals surface area contributed by atoms with Crippen molar-refractivity contribution in [3.63, 3.8) is 0 Å². The van der Waals surface area contributed by atoms with Crippen LogP contribution in [0.25, 0.3) is 0 Å². The molecular weight excluding hydrogens is 210 g/mol. The van der Waals surface area contributed by atoms with Crippen molar-refractivity contribution in [2.45, 2.75) is 20.3 Å². The summed E-state index contributed by atoms with van der Waals surface area (Å²) in [5.74, 6) is -0.478. The summed E-state index contributed by atoms with van der Waals surface area (Å²) in [6, 6.07) is 0. The van der Waals surface area contributed by atoms with E-state index in [-0.39, 0.29) is 4.88 Å². The van der Waals surface area contributed by atoms with Gasteiger partial charge in [0.05, 0.1) is 5.01 Å². The normalized spacial score (nSPS) is 10.6. The van der Waals surface area contributed by atoms with E-state index in [0.717, 1.165) is 11.3 Å². The number of rotatable bonds is 3. The van der Waals surface area contributed by atoms with Gasteiger partial charge in [-0.1, -0.05) is 0 Å². The summed E-state index contributed by atoms with van der Waals surface area (Å²) >= 11 is 0.988. The molecule has 0 saturated carbocycles. The van der Waals surface area contributed by atoms with Crippen LogP contribution in [0.15, 0.2) is 0 Å². The molecule has 0 aliphatic carbocycles. The largest absolute Gasteiger partial charge is 0.352 e. The number of hydrogen-bond acceptors (Lipinski definition) is 3. The van der Waals surface area contributed by atoms with Crippen molar-refractivity contribution in [1.82, 2.24) is 10.3 Å². The van der Waals surface area contributed by atoms with E-state index in [2.05, 4.69) is 10.3 Å². The van der Waals surface area contributed by atoms with Gasteiger partial charge in [0, 0.05) is 6.54 Å². The zero-order valence-corrected chi connectivity index (χ0v) is 8.62. The number of aromatic nitrogens is 1. The van der Waals surface area contributed by atoms with Gasteiger partial charge in [-0.05, 0) is 13.8 Å². The van der Waals surface area contributed by atoms with Gasteiger partial charge in [-0.25, -0.2) is 13.8 Å². The lowest BCUT2D eigenvalue weighted by molar-refractivity contribution is 0.0945. The summed E-state index contributed by atoms with van der Waals surface area (Å²) in [5, 5.41) is 2.94. The first kappa shape index (κ1) is 11.0. The maximum absolute atomic E-state index is 12.4. The Balaban J connectivity index is 3.00. The number of carbonyl (C=O) groups excluding carboxylic acids is 1. The summed E-state index contributed by atoms with van der Waals surface area (Å²) < 4.78 is 24.8. The molecule has 0 radical (unpaired) electrons. The van der Waals surface area contributed by atoms with Crippen molar-refractivity contribution in [1.29, 1.82) is 0 Å². The van der Waals surface area contributed by atoms with Crippen molar-refractivity contribution >= 4 is 17.2 Å². The molecule has 0 aliphatic heterocycles. The highest BCUT2D eigenvalue weighted by Crippen LogP contribution is 2.26. The Hall–Kier alpha value is -1.04. The summed E-state index contributed by atoms with van der Waals surface area (Å²) in [7, 11) is 0. The quantitative estimate of drug-likeness (QED) is 0.847. The van der Waals surface area contributed by atoms with Crippen LogP contribution in [0.2, 0.25) is 0 Å². The van der Waals surface area contributed by atoms with Crippen molar-refractivity contribution in [3.05, 3.63) is 15.6 Å². The second-order valence-corrected chi connectivity index (χ2v) is 3.81. The van der Waals surface area contributed by atoms with Gasteiger partial charge in [-0.2, -0.15) is 0 Å². The molecule has 0 unspecified atom stereocenters. The van der Waals surface area contributed by atoms with Crippen LogP contribution in [0.5, 0.6) is 0 Å². The summed E-state index contributed by atoms with van der Waals surface area (Å²) in [6.45, 7) is 3.74. The molecule has 3 nitrogen and oxygen atoms in total.